The third-order valence-corrected chi connectivity index (χ3v) is 4.16. The molecule has 1 atom stereocenters. The van der Waals surface area contributed by atoms with Gasteiger partial charge < -0.3 is 10.5 Å². The van der Waals surface area contributed by atoms with Crippen LogP contribution in [0, 0.1) is 0 Å². The molecule has 0 aromatic heterocycles. The summed E-state index contributed by atoms with van der Waals surface area (Å²) in [5.74, 6) is 0.598. The zero-order chi connectivity index (χ0) is 13.8. The molecular formula is C14H19BrN2O2. The molecule has 1 aliphatic heterocycles. The second-order valence-corrected chi connectivity index (χ2v) is 5.71. The molecule has 0 radical (unpaired) electrons. The fourth-order valence-corrected chi connectivity index (χ4v) is 3.13. The van der Waals surface area contributed by atoms with Crippen LogP contribution in [0.2, 0.25) is 0 Å². The molecule has 1 heterocycles. The molecule has 4 nitrogen and oxygen atoms in total. The lowest BCUT2D eigenvalue weighted by Gasteiger charge is -2.33. The molecule has 2 N–H and O–H groups in total. The van der Waals surface area contributed by atoms with Gasteiger partial charge in [0.1, 0.15) is 5.75 Å². The standard InChI is InChI=1S/C14H19BrN2O2/c1-19-13-6-5-10(8-11(13)15)9-17-7-3-2-4-12(17)14(16)18/h5-6,8,12H,2-4,7,9H2,1H3,(H2,16,18). The number of ether oxygens (including phenoxy) is 1. The van der Waals surface area contributed by atoms with Gasteiger partial charge in [-0.3, -0.25) is 9.69 Å². The topological polar surface area (TPSA) is 55.6 Å². The number of carbonyl (C=O) groups is 1. The molecule has 1 saturated heterocycles. The van der Waals surface area contributed by atoms with Crippen molar-refractivity contribution in [1.29, 1.82) is 0 Å². The van der Waals surface area contributed by atoms with E-state index in [0.717, 1.165) is 48.1 Å². The minimum atomic E-state index is -0.215. The van der Waals surface area contributed by atoms with Crippen molar-refractivity contribution in [1.82, 2.24) is 4.90 Å². The molecule has 2 rings (SSSR count). The first-order valence-electron chi connectivity index (χ1n) is 6.47. The van der Waals surface area contributed by atoms with E-state index in [1.54, 1.807) is 7.11 Å². The van der Waals surface area contributed by atoms with E-state index in [-0.39, 0.29) is 11.9 Å². The highest BCUT2D eigenvalue weighted by atomic mass is 79.9. The second kappa shape index (κ2) is 6.39. The van der Waals surface area contributed by atoms with Crippen molar-refractivity contribution in [2.45, 2.75) is 31.8 Å². The average molecular weight is 327 g/mol. The van der Waals surface area contributed by atoms with Gasteiger partial charge in [-0.15, -0.1) is 0 Å². The van der Waals surface area contributed by atoms with Crippen LogP contribution in [0.5, 0.6) is 5.75 Å². The van der Waals surface area contributed by atoms with Crippen molar-refractivity contribution < 1.29 is 9.53 Å². The number of hydrogen-bond donors (Lipinski definition) is 1. The molecule has 5 heteroatoms. The first-order chi connectivity index (χ1) is 9.11. The Bertz CT molecular complexity index is 465. The Morgan fingerprint density at radius 1 is 1.53 bits per heavy atom. The van der Waals surface area contributed by atoms with Crippen LogP contribution in [-0.2, 0) is 11.3 Å². The van der Waals surface area contributed by atoms with Crippen LogP contribution >= 0.6 is 15.9 Å². The monoisotopic (exact) mass is 326 g/mol. The molecule has 19 heavy (non-hydrogen) atoms. The summed E-state index contributed by atoms with van der Waals surface area (Å²) in [7, 11) is 1.65. The first kappa shape index (κ1) is 14.3. The maximum absolute atomic E-state index is 11.5. The summed E-state index contributed by atoms with van der Waals surface area (Å²) in [5, 5.41) is 0. The van der Waals surface area contributed by atoms with Crippen LogP contribution in [-0.4, -0.2) is 30.5 Å². The van der Waals surface area contributed by atoms with E-state index in [0.29, 0.717) is 0 Å². The van der Waals surface area contributed by atoms with Gasteiger partial charge in [-0.1, -0.05) is 12.5 Å². The summed E-state index contributed by atoms with van der Waals surface area (Å²) < 4.78 is 6.15. The summed E-state index contributed by atoms with van der Waals surface area (Å²) in [6.45, 7) is 1.67. The molecule has 0 saturated carbocycles. The summed E-state index contributed by atoms with van der Waals surface area (Å²) in [6, 6.07) is 5.86. The Morgan fingerprint density at radius 3 is 2.95 bits per heavy atom. The summed E-state index contributed by atoms with van der Waals surface area (Å²) in [4.78, 5) is 13.6. The van der Waals surface area contributed by atoms with Gasteiger partial charge in [-0.2, -0.15) is 0 Å². The van der Waals surface area contributed by atoms with Gasteiger partial charge in [0.15, 0.2) is 0 Å². The third-order valence-electron chi connectivity index (χ3n) is 3.54. The fourth-order valence-electron chi connectivity index (χ4n) is 2.55. The van der Waals surface area contributed by atoms with Crippen molar-refractivity contribution >= 4 is 21.8 Å². The van der Waals surface area contributed by atoms with E-state index in [9.17, 15) is 4.79 Å². The van der Waals surface area contributed by atoms with E-state index >= 15 is 0 Å². The summed E-state index contributed by atoms with van der Waals surface area (Å²) in [5.41, 5.74) is 6.63. The smallest absolute Gasteiger partial charge is 0.234 e. The first-order valence-corrected chi connectivity index (χ1v) is 7.27. The Hall–Kier alpha value is -1.07. The lowest BCUT2D eigenvalue weighted by Crippen LogP contribution is -2.47. The van der Waals surface area contributed by atoms with Gasteiger partial charge >= 0.3 is 0 Å². The van der Waals surface area contributed by atoms with Gasteiger partial charge in [-0.25, -0.2) is 0 Å². The van der Waals surface area contributed by atoms with Gasteiger partial charge in [0.2, 0.25) is 5.91 Å². The molecule has 0 bridgehead atoms. The lowest BCUT2D eigenvalue weighted by atomic mass is 10.0. The Balaban J connectivity index is 2.10. The maximum atomic E-state index is 11.5. The Labute approximate surface area is 122 Å². The molecule has 0 spiro atoms. The van der Waals surface area contributed by atoms with Crippen molar-refractivity contribution in [2.24, 2.45) is 5.73 Å². The van der Waals surface area contributed by atoms with Gasteiger partial charge in [0.05, 0.1) is 17.6 Å². The van der Waals surface area contributed by atoms with Crippen LogP contribution in [0.1, 0.15) is 24.8 Å². The van der Waals surface area contributed by atoms with Crippen LogP contribution in [0.25, 0.3) is 0 Å². The SMILES string of the molecule is COc1ccc(CN2CCCCC2C(N)=O)cc1Br. The van der Waals surface area contributed by atoms with Gasteiger partial charge in [0.25, 0.3) is 0 Å². The molecule has 104 valence electrons. The summed E-state index contributed by atoms with van der Waals surface area (Å²) in [6.07, 6.45) is 3.07. The van der Waals surface area contributed by atoms with Crippen molar-refractivity contribution in [2.75, 3.05) is 13.7 Å². The van der Waals surface area contributed by atoms with Crippen LogP contribution in [0.4, 0.5) is 0 Å². The predicted octanol–water partition coefficient (Wildman–Crippen LogP) is 2.30. The predicted molar refractivity (Wildman–Crippen MR) is 77.9 cm³/mol. The van der Waals surface area contributed by atoms with E-state index in [1.807, 2.05) is 18.2 Å². The van der Waals surface area contributed by atoms with Crippen LogP contribution in [0.3, 0.4) is 0 Å². The number of piperidine rings is 1. The largest absolute Gasteiger partial charge is 0.496 e. The van der Waals surface area contributed by atoms with Crippen molar-refractivity contribution in [3.8, 4) is 5.75 Å². The Kier molecular flexibility index (Phi) is 4.82. The highest BCUT2D eigenvalue weighted by Crippen LogP contribution is 2.27. The minimum Gasteiger partial charge on any atom is -0.496 e. The zero-order valence-corrected chi connectivity index (χ0v) is 12.6. The minimum absolute atomic E-state index is 0.130. The van der Waals surface area contributed by atoms with Crippen LogP contribution in [0.15, 0.2) is 22.7 Å². The number of primary amides is 1. The highest BCUT2D eigenvalue weighted by Gasteiger charge is 2.26. The molecule has 1 amide bonds. The zero-order valence-electron chi connectivity index (χ0n) is 11.1. The number of nitrogens with two attached hydrogens (primary N) is 1. The van der Waals surface area contributed by atoms with E-state index < -0.39 is 0 Å². The van der Waals surface area contributed by atoms with Gasteiger partial charge in [-0.05, 0) is 53.0 Å². The number of halogens is 1. The average Bonchev–Trinajstić information content (AvgIpc) is 2.39. The molecule has 1 aliphatic rings. The molecule has 1 unspecified atom stereocenters. The quantitative estimate of drug-likeness (QED) is 0.923. The number of rotatable bonds is 4. The van der Waals surface area contributed by atoms with E-state index in [1.165, 1.54) is 0 Å². The normalized spacial score (nSPS) is 20.2. The van der Waals surface area contributed by atoms with E-state index in [4.69, 9.17) is 10.5 Å². The number of amides is 1. The maximum Gasteiger partial charge on any atom is 0.234 e. The molecule has 0 aliphatic carbocycles. The number of nitrogens with zero attached hydrogens (tertiary/aromatic N) is 1. The molecule has 1 fully saturated rings. The number of carbonyl (C=O) groups excluding carboxylic acids is 1. The van der Waals surface area contributed by atoms with Gasteiger partial charge in [0, 0.05) is 6.54 Å². The van der Waals surface area contributed by atoms with Crippen molar-refractivity contribution in [3.63, 3.8) is 0 Å². The Morgan fingerprint density at radius 2 is 2.32 bits per heavy atom. The van der Waals surface area contributed by atoms with Crippen LogP contribution < -0.4 is 10.5 Å². The number of methoxy groups -OCH3 is 1. The summed E-state index contributed by atoms with van der Waals surface area (Å²) >= 11 is 3.48. The lowest BCUT2D eigenvalue weighted by molar-refractivity contribution is -0.124. The van der Waals surface area contributed by atoms with E-state index in [2.05, 4.69) is 20.8 Å². The number of likely N-dealkylation sites (tertiary alicyclic amines) is 1. The molecular weight excluding hydrogens is 308 g/mol. The fraction of sp³-hybridized carbons (Fsp3) is 0.500. The third kappa shape index (κ3) is 3.48. The number of benzene rings is 1. The second-order valence-electron chi connectivity index (χ2n) is 4.85. The number of hydrogen-bond acceptors (Lipinski definition) is 3. The molecule has 1 aromatic rings. The highest BCUT2D eigenvalue weighted by molar-refractivity contribution is 9.10. The molecule has 1 aromatic carbocycles. The van der Waals surface area contributed by atoms with Crippen molar-refractivity contribution in [3.05, 3.63) is 28.2 Å².